The van der Waals surface area contributed by atoms with Gasteiger partial charge in [-0.25, -0.2) is 0 Å². The van der Waals surface area contributed by atoms with E-state index < -0.39 is 0 Å². The average Bonchev–Trinajstić information content (AvgIpc) is 2.70. The minimum absolute atomic E-state index is 0.0487. The fraction of sp³-hybridized carbons (Fsp3) is 0.154. The minimum Gasteiger partial charge on any atom is -0.322 e. The van der Waals surface area contributed by atoms with Crippen LogP contribution in [0.4, 0.5) is 5.69 Å². The second kappa shape index (κ2) is 5.18. The molecule has 2 rings (SSSR count). The van der Waals surface area contributed by atoms with Crippen LogP contribution in [0, 0.1) is 16.7 Å². The molecule has 0 aliphatic heterocycles. The standard InChI is InChI=1S/C13H12INOS/c1-8-3-4-11(5-9(8)2)15-13(16)10-6-12(14)17-7-10/h3-7H,1-2H3,(H,15,16). The summed E-state index contributed by atoms with van der Waals surface area (Å²) in [5.41, 5.74) is 3.98. The fourth-order valence-corrected chi connectivity index (χ4v) is 2.78. The molecule has 1 heterocycles. The van der Waals surface area contributed by atoms with Gasteiger partial charge in [-0.1, -0.05) is 6.07 Å². The predicted octanol–water partition coefficient (Wildman–Crippen LogP) is 4.22. The van der Waals surface area contributed by atoms with E-state index in [4.69, 9.17) is 0 Å². The zero-order valence-electron chi connectivity index (χ0n) is 9.58. The van der Waals surface area contributed by atoms with Crippen molar-refractivity contribution in [2.75, 3.05) is 5.32 Å². The maximum atomic E-state index is 11.9. The van der Waals surface area contributed by atoms with Crippen LogP contribution in [-0.4, -0.2) is 5.91 Å². The largest absolute Gasteiger partial charge is 0.322 e. The van der Waals surface area contributed by atoms with Crippen molar-refractivity contribution in [2.24, 2.45) is 0 Å². The molecule has 0 spiro atoms. The number of aryl methyl sites for hydroxylation is 2. The molecule has 0 saturated heterocycles. The third-order valence-corrected chi connectivity index (χ3v) is 4.38. The van der Waals surface area contributed by atoms with Gasteiger partial charge in [0.1, 0.15) is 0 Å². The van der Waals surface area contributed by atoms with E-state index in [2.05, 4.69) is 34.8 Å². The van der Waals surface area contributed by atoms with Gasteiger partial charge in [-0.3, -0.25) is 4.79 Å². The highest BCUT2D eigenvalue weighted by Crippen LogP contribution is 2.19. The van der Waals surface area contributed by atoms with Crippen LogP contribution in [0.25, 0.3) is 0 Å². The predicted molar refractivity (Wildman–Crippen MR) is 80.9 cm³/mol. The van der Waals surface area contributed by atoms with E-state index in [-0.39, 0.29) is 5.91 Å². The summed E-state index contributed by atoms with van der Waals surface area (Å²) in [6.07, 6.45) is 0. The molecule has 0 aliphatic carbocycles. The van der Waals surface area contributed by atoms with Gasteiger partial charge in [0, 0.05) is 11.1 Å². The monoisotopic (exact) mass is 357 g/mol. The Hall–Kier alpha value is -0.880. The smallest absolute Gasteiger partial charge is 0.256 e. The van der Waals surface area contributed by atoms with Crippen molar-refractivity contribution in [2.45, 2.75) is 13.8 Å². The van der Waals surface area contributed by atoms with E-state index in [1.54, 1.807) is 11.3 Å². The van der Waals surface area contributed by atoms with Gasteiger partial charge in [0.15, 0.2) is 0 Å². The number of halogens is 1. The minimum atomic E-state index is -0.0487. The van der Waals surface area contributed by atoms with Gasteiger partial charge >= 0.3 is 0 Å². The number of rotatable bonds is 2. The molecular weight excluding hydrogens is 345 g/mol. The van der Waals surface area contributed by atoms with Crippen molar-refractivity contribution in [3.05, 3.63) is 49.2 Å². The number of carbonyl (C=O) groups is 1. The van der Waals surface area contributed by atoms with E-state index in [0.717, 1.165) is 14.1 Å². The van der Waals surface area contributed by atoms with Gasteiger partial charge in [-0.15, -0.1) is 11.3 Å². The van der Waals surface area contributed by atoms with Crippen LogP contribution < -0.4 is 5.32 Å². The van der Waals surface area contributed by atoms with Gasteiger partial charge < -0.3 is 5.32 Å². The van der Waals surface area contributed by atoms with Crippen LogP contribution in [0.3, 0.4) is 0 Å². The lowest BCUT2D eigenvalue weighted by atomic mass is 10.1. The highest BCUT2D eigenvalue weighted by molar-refractivity contribution is 14.1. The quantitative estimate of drug-likeness (QED) is 0.801. The third kappa shape index (κ3) is 3.07. The summed E-state index contributed by atoms with van der Waals surface area (Å²) < 4.78 is 1.12. The summed E-state index contributed by atoms with van der Waals surface area (Å²) in [4.78, 5) is 11.9. The molecule has 2 aromatic rings. The first-order valence-electron chi connectivity index (χ1n) is 5.19. The first-order chi connectivity index (χ1) is 8.06. The molecule has 17 heavy (non-hydrogen) atoms. The van der Waals surface area contributed by atoms with Crippen LogP contribution in [0.1, 0.15) is 21.5 Å². The number of anilines is 1. The summed E-state index contributed by atoms with van der Waals surface area (Å²) in [5.74, 6) is -0.0487. The zero-order chi connectivity index (χ0) is 12.4. The van der Waals surface area contributed by atoms with E-state index in [1.807, 2.05) is 36.6 Å². The van der Waals surface area contributed by atoms with Gasteiger partial charge in [0.05, 0.1) is 8.45 Å². The third-order valence-electron chi connectivity index (χ3n) is 2.59. The van der Waals surface area contributed by atoms with Crippen LogP contribution in [0.2, 0.25) is 0 Å². The molecule has 0 radical (unpaired) electrons. The molecule has 1 aromatic carbocycles. The van der Waals surface area contributed by atoms with Gasteiger partial charge in [-0.05, 0) is 65.8 Å². The summed E-state index contributed by atoms with van der Waals surface area (Å²) in [6.45, 7) is 4.10. The number of hydrogen-bond acceptors (Lipinski definition) is 2. The molecule has 88 valence electrons. The van der Waals surface area contributed by atoms with Crippen molar-refractivity contribution in [3.8, 4) is 0 Å². The van der Waals surface area contributed by atoms with Gasteiger partial charge in [0.2, 0.25) is 0 Å². The molecule has 1 amide bonds. The number of amides is 1. The van der Waals surface area contributed by atoms with E-state index >= 15 is 0 Å². The Morgan fingerprint density at radius 1 is 1.24 bits per heavy atom. The maximum Gasteiger partial charge on any atom is 0.256 e. The molecule has 2 nitrogen and oxygen atoms in total. The lowest BCUT2D eigenvalue weighted by molar-refractivity contribution is 0.102. The van der Waals surface area contributed by atoms with E-state index in [9.17, 15) is 4.79 Å². The van der Waals surface area contributed by atoms with Crippen molar-refractivity contribution in [3.63, 3.8) is 0 Å². The van der Waals surface area contributed by atoms with Crippen molar-refractivity contribution in [1.29, 1.82) is 0 Å². The Kier molecular flexibility index (Phi) is 3.83. The first kappa shape index (κ1) is 12.6. The summed E-state index contributed by atoms with van der Waals surface area (Å²) in [6, 6.07) is 7.83. The normalized spacial score (nSPS) is 10.3. The summed E-state index contributed by atoms with van der Waals surface area (Å²) in [5, 5.41) is 4.78. The number of nitrogens with one attached hydrogen (secondary N) is 1. The second-order valence-corrected chi connectivity index (χ2v) is 6.70. The van der Waals surface area contributed by atoms with Gasteiger partial charge in [-0.2, -0.15) is 0 Å². The topological polar surface area (TPSA) is 29.1 Å². The molecular formula is C13H12INOS. The first-order valence-corrected chi connectivity index (χ1v) is 7.15. The van der Waals surface area contributed by atoms with Gasteiger partial charge in [0.25, 0.3) is 5.91 Å². The van der Waals surface area contributed by atoms with Crippen LogP contribution in [-0.2, 0) is 0 Å². The van der Waals surface area contributed by atoms with Crippen LogP contribution >= 0.6 is 33.9 Å². The lowest BCUT2D eigenvalue weighted by Gasteiger charge is -2.06. The molecule has 0 fully saturated rings. The average molecular weight is 357 g/mol. The Morgan fingerprint density at radius 3 is 2.59 bits per heavy atom. The van der Waals surface area contributed by atoms with Crippen LogP contribution in [0.5, 0.6) is 0 Å². The molecule has 1 N–H and O–H groups in total. The highest BCUT2D eigenvalue weighted by Gasteiger charge is 2.08. The maximum absolute atomic E-state index is 11.9. The van der Waals surface area contributed by atoms with Crippen molar-refractivity contribution < 1.29 is 4.79 Å². The fourth-order valence-electron chi connectivity index (χ4n) is 1.45. The Labute approximate surface area is 118 Å². The molecule has 1 aromatic heterocycles. The number of thiophene rings is 1. The molecule has 0 saturated carbocycles. The molecule has 0 unspecified atom stereocenters. The number of benzene rings is 1. The Morgan fingerprint density at radius 2 is 2.00 bits per heavy atom. The molecule has 0 atom stereocenters. The van der Waals surface area contributed by atoms with Crippen molar-refractivity contribution in [1.82, 2.24) is 0 Å². The zero-order valence-corrected chi connectivity index (χ0v) is 12.6. The summed E-state index contributed by atoms with van der Waals surface area (Å²) in [7, 11) is 0. The summed E-state index contributed by atoms with van der Waals surface area (Å²) >= 11 is 3.79. The van der Waals surface area contributed by atoms with Crippen molar-refractivity contribution >= 4 is 45.5 Å². The molecule has 4 heteroatoms. The van der Waals surface area contributed by atoms with E-state index in [1.165, 1.54) is 11.1 Å². The Balaban J connectivity index is 2.15. The van der Waals surface area contributed by atoms with Crippen LogP contribution in [0.15, 0.2) is 29.6 Å². The number of carbonyl (C=O) groups excluding carboxylic acids is 1. The Bertz CT molecular complexity index is 562. The second-order valence-electron chi connectivity index (χ2n) is 3.89. The lowest BCUT2D eigenvalue weighted by Crippen LogP contribution is -2.10. The molecule has 0 aliphatic rings. The highest BCUT2D eigenvalue weighted by atomic mass is 127. The number of hydrogen-bond donors (Lipinski definition) is 1. The SMILES string of the molecule is Cc1ccc(NC(=O)c2csc(I)c2)cc1C. The van der Waals surface area contributed by atoms with E-state index in [0.29, 0.717) is 0 Å². The molecule has 0 bridgehead atoms.